The van der Waals surface area contributed by atoms with Crippen molar-refractivity contribution >= 4 is 5.91 Å². The molecule has 1 aromatic carbocycles. The molecule has 0 saturated carbocycles. The molecule has 2 aromatic rings. The zero-order chi connectivity index (χ0) is 15.2. The number of ether oxygens (including phenoxy) is 1. The predicted molar refractivity (Wildman–Crippen MR) is 77.6 cm³/mol. The van der Waals surface area contributed by atoms with Gasteiger partial charge in [-0.1, -0.05) is 12.1 Å². The van der Waals surface area contributed by atoms with Crippen molar-refractivity contribution in [2.75, 3.05) is 13.7 Å². The highest BCUT2D eigenvalue weighted by molar-refractivity contribution is 5.96. The van der Waals surface area contributed by atoms with E-state index >= 15 is 0 Å². The molecule has 110 valence electrons. The Bertz CT molecular complexity index is 614. The molecule has 0 aliphatic carbocycles. The fraction of sp³-hybridized carbons (Fsp3) is 0.250. The maximum atomic E-state index is 12.9. The number of aromatic nitrogens is 1. The van der Waals surface area contributed by atoms with E-state index in [0.717, 1.165) is 5.56 Å². The molecule has 21 heavy (non-hydrogen) atoms. The third-order valence-corrected chi connectivity index (χ3v) is 2.96. The van der Waals surface area contributed by atoms with Gasteiger partial charge in [-0.2, -0.15) is 0 Å². The van der Waals surface area contributed by atoms with Crippen molar-refractivity contribution in [2.24, 2.45) is 0 Å². The van der Waals surface area contributed by atoms with Crippen LogP contribution in [0.25, 0.3) is 0 Å². The van der Waals surface area contributed by atoms with Gasteiger partial charge in [-0.25, -0.2) is 9.37 Å². The van der Waals surface area contributed by atoms with E-state index in [9.17, 15) is 9.18 Å². The van der Waals surface area contributed by atoms with E-state index in [1.165, 1.54) is 12.1 Å². The summed E-state index contributed by atoms with van der Waals surface area (Å²) in [6.45, 7) is 2.67. The molecule has 0 unspecified atom stereocenters. The first kappa shape index (κ1) is 15.0. The number of halogens is 1. The summed E-state index contributed by atoms with van der Waals surface area (Å²) < 4.78 is 18.2. The highest BCUT2D eigenvalue weighted by Gasteiger charge is 2.17. The Kier molecular flexibility index (Phi) is 4.87. The number of amides is 1. The van der Waals surface area contributed by atoms with Gasteiger partial charge in [-0.3, -0.25) is 4.79 Å². The molecule has 5 heteroatoms. The lowest BCUT2D eigenvalue weighted by Gasteiger charge is -2.18. The second-order valence-electron chi connectivity index (χ2n) is 4.58. The maximum absolute atomic E-state index is 12.9. The minimum absolute atomic E-state index is 0.184. The fourth-order valence-corrected chi connectivity index (χ4v) is 1.95. The molecule has 1 heterocycles. The number of carbonyl (C=O) groups is 1. The van der Waals surface area contributed by atoms with Gasteiger partial charge in [-0.05, 0) is 36.8 Å². The SMILES string of the molecule is CCOc1ncccc1C(=O)N(C)Cc1ccc(F)cc1. The normalized spacial score (nSPS) is 10.2. The van der Waals surface area contributed by atoms with Gasteiger partial charge in [0.2, 0.25) is 5.88 Å². The molecule has 0 saturated heterocycles. The Morgan fingerprint density at radius 1 is 1.29 bits per heavy atom. The number of benzene rings is 1. The number of pyridine rings is 1. The Balaban J connectivity index is 2.13. The van der Waals surface area contributed by atoms with Crippen molar-refractivity contribution in [3.05, 3.63) is 59.5 Å². The Labute approximate surface area is 123 Å². The average molecular weight is 288 g/mol. The van der Waals surface area contributed by atoms with Crippen LogP contribution >= 0.6 is 0 Å². The summed E-state index contributed by atoms with van der Waals surface area (Å²) >= 11 is 0. The number of nitrogens with zero attached hydrogens (tertiary/aromatic N) is 2. The Morgan fingerprint density at radius 3 is 2.67 bits per heavy atom. The summed E-state index contributed by atoms with van der Waals surface area (Å²) in [7, 11) is 1.69. The summed E-state index contributed by atoms with van der Waals surface area (Å²) in [4.78, 5) is 18.1. The average Bonchev–Trinajstić information content (AvgIpc) is 2.50. The van der Waals surface area contributed by atoms with Gasteiger partial charge < -0.3 is 9.64 Å². The molecule has 0 bridgehead atoms. The zero-order valence-electron chi connectivity index (χ0n) is 12.0. The number of carbonyl (C=O) groups excluding carboxylic acids is 1. The second-order valence-corrected chi connectivity index (χ2v) is 4.58. The van der Waals surface area contributed by atoms with Crippen LogP contribution in [0.3, 0.4) is 0 Å². The lowest BCUT2D eigenvalue weighted by Crippen LogP contribution is -2.27. The quantitative estimate of drug-likeness (QED) is 0.849. The van der Waals surface area contributed by atoms with E-state index in [1.54, 1.807) is 42.4 Å². The number of rotatable bonds is 5. The predicted octanol–water partition coefficient (Wildman–Crippen LogP) is 2.89. The van der Waals surface area contributed by atoms with Crippen LogP contribution in [-0.2, 0) is 6.54 Å². The van der Waals surface area contributed by atoms with Crippen LogP contribution in [0.15, 0.2) is 42.6 Å². The first-order chi connectivity index (χ1) is 10.1. The molecule has 0 atom stereocenters. The van der Waals surface area contributed by atoms with E-state index in [4.69, 9.17) is 4.74 Å². The van der Waals surface area contributed by atoms with Gasteiger partial charge in [0.15, 0.2) is 0 Å². The van der Waals surface area contributed by atoms with Gasteiger partial charge in [0, 0.05) is 19.8 Å². The van der Waals surface area contributed by atoms with Crippen LogP contribution in [0.2, 0.25) is 0 Å². The van der Waals surface area contributed by atoms with E-state index in [0.29, 0.717) is 24.6 Å². The summed E-state index contributed by atoms with van der Waals surface area (Å²) in [5.74, 6) is -0.148. The highest BCUT2D eigenvalue weighted by atomic mass is 19.1. The van der Waals surface area contributed by atoms with E-state index in [2.05, 4.69) is 4.98 Å². The van der Waals surface area contributed by atoms with E-state index in [-0.39, 0.29) is 11.7 Å². The van der Waals surface area contributed by atoms with Crippen molar-refractivity contribution in [1.29, 1.82) is 0 Å². The maximum Gasteiger partial charge on any atom is 0.259 e. The Hall–Kier alpha value is -2.43. The molecule has 0 aliphatic heterocycles. The molecule has 0 radical (unpaired) electrons. The molecule has 1 aromatic heterocycles. The van der Waals surface area contributed by atoms with Gasteiger partial charge in [-0.15, -0.1) is 0 Å². The minimum atomic E-state index is -0.293. The first-order valence-electron chi connectivity index (χ1n) is 6.69. The largest absolute Gasteiger partial charge is 0.477 e. The van der Waals surface area contributed by atoms with Crippen LogP contribution in [0.5, 0.6) is 5.88 Å². The zero-order valence-corrected chi connectivity index (χ0v) is 12.0. The topological polar surface area (TPSA) is 42.4 Å². The van der Waals surface area contributed by atoms with Crippen LogP contribution < -0.4 is 4.74 Å². The van der Waals surface area contributed by atoms with E-state index < -0.39 is 0 Å². The van der Waals surface area contributed by atoms with Gasteiger partial charge in [0.1, 0.15) is 11.4 Å². The van der Waals surface area contributed by atoms with Crippen molar-refractivity contribution in [3.8, 4) is 5.88 Å². The third-order valence-electron chi connectivity index (χ3n) is 2.96. The molecular weight excluding hydrogens is 271 g/mol. The van der Waals surface area contributed by atoms with Crippen LogP contribution in [0.4, 0.5) is 4.39 Å². The summed E-state index contributed by atoms with van der Waals surface area (Å²) in [5, 5.41) is 0. The van der Waals surface area contributed by atoms with Gasteiger partial charge in [0.05, 0.1) is 6.61 Å². The molecule has 4 nitrogen and oxygen atoms in total. The molecule has 0 N–H and O–H groups in total. The van der Waals surface area contributed by atoms with Crippen molar-refractivity contribution in [1.82, 2.24) is 9.88 Å². The van der Waals surface area contributed by atoms with Crippen LogP contribution in [0.1, 0.15) is 22.8 Å². The Morgan fingerprint density at radius 2 is 2.00 bits per heavy atom. The van der Waals surface area contributed by atoms with Crippen molar-refractivity contribution < 1.29 is 13.9 Å². The van der Waals surface area contributed by atoms with Gasteiger partial charge >= 0.3 is 0 Å². The third kappa shape index (κ3) is 3.78. The van der Waals surface area contributed by atoms with Crippen molar-refractivity contribution in [3.63, 3.8) is 0 Å². The lowest BCUT2D eigenvalue weighted by atomic mass is 10.2. The van der Waals surface area contributed by atoms with Crippen LogP contribution in [0, 0.1) is 5.82 Å². The molecular formula is C16H17FN2O2. The standard InChI is InChI=1S/C16H17FN2O2/c1-3-21-15-14(5-4-10-18-15)16(20)19(2)11-12-6-8-13(17)9-7-12/h4-10H,3,11H2,1-2H3. The summed E-state index contributed by atoms with van der Waals surface area (Å²) in [6, 6.07) is 9.45. The molecule has 0 aliphatic rings. The van der Waals surface area contributed by atoms with Gasteiger partial charge in [0.25, 0.3) is 5.91 Å². The molecule has 2 rings (SSSR count). The van der Waals surface area contributed by atoms with E-state index in [1.807, 2.05) is 6.92 Å². The minimum Gasteiger partial charge on any atom is -0.477 e. The lowest BCUT2D eigenvalue weighted by molar-refractivity contribution is 0.0780. The van der Waals surface area contributed by atoms with Crippen molar-refractivity contribution in [2.45, 2.75) is 13.5 Å². The molecule has 0 spiro atoms. The summed E-state index contributed by atoms with van der Waals surface area (Å²) in [6.07, 6.45) is 1.59. The monoisotopic (exact) mass is 288 g/mol. The fourth-order valence-electron chi connectivity index (χ4n) is 1.95. The smallest absolute Gasteiger partial charge is 0.259 e. The number of hydrogen-bond donors (Lipinski definition) is 0. The highest BCUT2D eigenvalue weighted by Crippen LogP contribution is 2.17. The summed E-state index contributed by atoms with van der Waals surface area (Å²) in [5.41, 5.74) is 1.28. The van der Waals surface area contributed by atoms with Crippen LogP contribution in [-0.4, -0.2) is 29.4 Å². The first-order valence-corrected chi connectivity index (χ1v) is 6.69. The molecule has 1 amide bonds. The number of hydrogen-bond acceptors (Lipinski definition) is 3. The second kappa shape index (κ2) is 6.83. The molecule has 0 fully saturated rings.